The third-order valence-corrected chi connectivity index (χ3v) is 3.37. The highest BCUT2D eigenvalue weighted by atomic mass is 32.2. The van der Waals surface area contributed by atoms with Crippen LogP contribution < -0.4 is 0 Å². The largest absolute Gasteiger partial charge is 0.294 e. The van der Waals surface area contributed by atoms with E-state index in [1.54, 1.807) is 23.6 Å². The number of aromatic nitrogens is 3. The molecule has 2 aromatic rings. The summed E-state index contributed by atoms with van der Waals surface area (Å²) < 4.78 is 32.7. The van der Waals surface area contributed by atoms with E-state index in [1.807, 2.05) is 0 Å². The molecule has 0 amide bonds. The Labute approximate surface area is 103 Å². The van der Waals surface area contributed by atoms with Crippen LogP contribution in [0.3, 0.4) is 0 Å². The Bertz CT molecular complexity index is 698. The number of rotatable bonds is 2. The van der Waals surface area contributed by atoms with Crippen molar-refractivity contribution in [1.29, 1.82) is 0 Å². The zero-order chi connectivity index (χ0) is 12.6. The highest BCUT2D eigenvalue weighted by Gasteiger charge is 2.10. The molecule has 1 heterocycles. The van der Waals surface area contributed by atoms with Crippen molar-refractivity contribution in [2.75, 3.05) is 0 Å². The van der Waals surface area contributed by atoms with Gasteiger partial charge < -0.3 is 0 Å². The SMILES string of the molecule is Cc1n[nH]c(=S)n1-c1ccc(S(=O)(=O)O)cc1. The van der Waals surface area contributed by atoms with Crippen LogP contribution in [0.2, 0.25) is 0 Å². The zero-order valence-corrected chi connectivity index (χ0v) is 10.4. The fourth-order valence-corrected chi connectivity index (χ4v) is 2.21. The van der Waals surface area contributed by atoms with Gasteiger partial charge in [0.25, 0.3) is 10.1 Å². The highest BCUT2D eigenvalue weighted by molar-refractivity contribution is 7.85. The standard InChI is InChI=1S/C9H9N3O3S2/c1-6-10-11-9(16)12(6)7-2-4-8(5-3-7)17(13,14)15/h2-5H,1H3,(H,11,16)(H,13,14,15). The quantitative estimate of drug-likeness (QED) is 0.638. The Kier molecular flexibility index (Phi) is 2.86. The molecule has 2 rings (SSSR count). The average molecular weight is 271 g/mol. The van der Waals surface area contributed by atoms with Crippen molar-refractivity contribution in [2.24, 2.45) is 0 Å². The van der Waals surface area contributed by atoms with Gasteiger partial charge in [0.2, 0.25) is 0 Å². The molecule has 0 fully saturated rings. The lowest BCUT2D eigenvalue weighted by Gasteiger charge is -2.04. The molecule has 0 saturated heterocycles. The Morgan fingerprint density at radius 1 is 1.35 bits per heavy atom. The fraction of sp³-hybridized carbons (Fsp3) is 0.111. The van der Waals surface area contributed by atoms with Gasteiger partial charge in [0.1, 0.15) is 5.82 Å². The summed E-state index contributed by atoms with van der Waals surface area (Å²) in [6.45, 7) is 1.77. The van der Waals surface area contributed by atoms with Gasteiger partial charge in [0.15, 0.2) is 4.77 Å². The molecule has 0 bridgehead atoms. The van der Waals surface area contributed by atoms with Crippen molar-refractivity contribution in [3.63, 3.8) is 0 Å². The summed E-state index contributed by atoms with van der Waals surface area (Å²) in [5.41, 5.74) is 0.675. The molecule has 0 radical (unpaired) electrons. The van der Waals surface area contributed by atoms with Crippen LogP contribution in [0.25, 0.3) is 5.69 Å². The lowest BCUT2D eigenvalue weighted by atomic mass is 10.3. The van der Waals surface area contributed by atoms with Gasteiger partial charge in [-0.3, -0.25) is 14.2 Å². The smallest absolute Gasteiger partial charge is 0.282 e. The van der Waals surface area contributed by atoms with Crippen LogP contribution in [0.1, 0.15) is 5.82 Å². The van der Waals surface area contributed by atoms with Crippen LogP contribution in [-0.2, 0) is 10.1 Å². The van der Waals surface area contributed by atoms with E-state index in [0.29, 0.717) is 16.3 Å². The van der Waals surface area contributed by atoms with Crippen LogP contribution in [0.15, 0.2) is 29.2 Å². The van der Waals surface area contributed by atoms with Crippen molar-refractivity contribution >= 4 is 22.3 Å². The molecule has 0 spiro atoms. The number of aryl methyl sites for hydroxylation is 1. The fourth-order valence-electron chi connectivity index (χ4n) is 1.45. The normalized spacial score (nSPS) is 11.6. The molecule has 8 heteroatoms. The summed E-state index contributed by atoms with van der Waals surface area (Å²) in [6, 6.07) is 5.70. The van der Waals surface area contributed by atoms with Crippen molar-refractivity contribution in [2.45, 2.75) is 11.8 Å². The third-order valence-electron chi connectivity index (χ3n) is 2.23. The minimum absolute atomic E-state index is 0.158. The predicted octanol–water partition coefficient (Wildman–Crippen LogP) is 1.49. The van der Waals surface area contributed by atoms with Crippen LogP contribution in [0.4, 0.5) is 0 Å². The van der Waals surface area contributed by atoms with Crippen molar-refractivity contribution in [1.82, 2.24) is 14.8 Å². The molecule has 17 heavy (non-hydrogen) atoms. The Morgan fingerprint density at radius 3 is 2.35 bits per heavy atom. The van der Waals surface area contributed by atoms with Crippen molar-refractivity contribution < 1.29 is 13.0 Å². The number of H-pyrrole nitrogens is 1. The first-order chi connectivity index (χ1) is 7.89. The van der Waals surface area contributed by atoms with Crippen molar-refractivity contribution in [3.05, 3.63) is 34.9 Å². The maximum absolute atomic E-state index is 10.9. The summed E-state index contributed by atoms with van der Waals surface area (Å²) in [6.07, 6.45) is 0. The molecule has 1 aromatic heterocycles. The second-order valence-electron chi connectivity index (χ2n) is 3.38. The summed E-state index contributed by atoms with van der Waals surface area (Å²) in [4.78, 5) is -0.158. The first-order valence-electron chi connectivity index (χ1n) is 4.61. The predicted molar refractivity (Wildman–Crippen MR) is 63.3 cm³/mol. The van der Waals surface area contributed by atoms with E-state index in [2.05, 4.69) is 10.2 Å². The van der Waals surface area contributed by atoms with Crippen molar-refractivity contribution in [3.8, 4) is 5.69 Å². The maximum atomic E-state index is 10.9. The van der Waals surface area contributed by atoms with E-state index in [1.165, 1.54) is 12.1 Å². The summed E-state index contributed by atoms with van der Waals surface area (Å²) in [7, 11) is -4.17. The van der Waals surface area contributed by atoms with E-state index < -0.39 is 10.1 Å². The minimum atomic E-state index is -4.17. The highest BCUT2D eigenvalue weighted by Crippen LogP contribution is 2.14. The summed E-state index contributed by atoms with van der Waals surface area (Å²) in [5, 5.41) is 6.57. The van der Waals surface area contributed by atoms with E-state index in [4.69, 9.17) is 16.8 Å². The number of aromatic amines is 1. The Hall–Kier alpha value is -1.51. The molecule has 0 aliphatic heterocycles. The van der Waals surface area contributed by atoms with E-state index in [-0.39, 0.29) is 4.90 Å². The van der Waals surface area contributed by atoms with Crippen LogP contribution >= 0.6 is 12.2 Å². The number of nitrogens with one attached hydrogen (secondary N) is 1. The number of hydrogen-bond donors (Lipinski definition) is 2. The first-order valence-corrected chi connectivity index (χ1v) is 6.46. The monoisotopic (exact) mass is 271 g/mol. The third kappa shape index (κ3) is 2.28. The van der Waals surface area contributed by atoms with Crippen LogP contribution in [-0.4, -0.2) is 27.7 Å². The minimum Gasteiger partial charge on any atom is -0.282 e. The number of benzene rings is 1. The lowest BCUT2D eigenvalue weighted by molar-refractivity contribution is 0.483. The first kappa shape index (κ1) is 12.0. The number of nitrogens with zero attached hydrogens (tertiary/aromatic N) is 2. The van der Waals surface area contributed by atoms with E-state index in [9.17, 15) is 8.42 Å². The second-order valence-corrected chi connectivity index (χ2v) is 5.19. The second kappa shape index (κ2) is 4.06. The molecule has 1 aromatic carbocycles. The molecule has 0 aliphatic rings. The van der Waals surface area contributed by atoms with Crippen LogP contribution in [0, 0.1) is 11.7 Å². The van der Waals surface area contributed by atoms with Gasteiger partial charge in [-0.2, -0.15) is 13.5 Å². The summed E-state index contributed by atoms with van der Waals surface area (Å²) >= 11 is 5.04. The zero-order valence-electron chi connectivity index (χ0n) is 8.78. The molecule has 0 atom stereocenters. The summed E-state index contributed by atoms with van der Waals surface area (Å²) in [5.74, 6) is 0.662. The van der Waals surface area contributed by atoms with Gasteiger partial charge in [-0.25, -0.2) is 0 Å². The van der Waals surface area contributed by atoms with Gasteiger partial charge >= 0.3 is 0 Å². The lowest BCUT2D eigenvalue weighted by Crippen LogP contribution is -2.00. The molecule has 0 aliphatic carbocycles. The van der Waals surface area contributed by atoms with Crippen LogP contribution in [0.5, 0.6) is 0 Å². The van der Waals surface area contributed by atoms with Gasteiger partial charge in [-0.05, 0) is 43.4 Å². The van der Waals surface area contributed by atoms with E-state index >= 15 is 0 Å². The molecule has 90 valence electrons. The topological polar surface area (TPSA) is 88.0 Å². The van der Waals surface area contributed by atoms with Gasteiger partial charge in [-0.1, -0.05) is 0 Å². The molecular weight excluding hydrogens is 262 g/mol. The molecule has 0 unspecified atom stereocenters. The number of hydrogen-bond acceptors (Lipinski definition) is 4. The van der Waals surface area contributed by atoms with Gasteiger partial charge in [0.05, 0.1) is 4.90 Å². The maximum Gasteiger partial charge on any atom is 0.294 e. The Balaban J connectivity index is 2.54. The molecule has 2 N–H and O–H groups in total. The van der Waals surface area contributed by atoms with E-state index in [0.717, 1.165) is 0 Å². The van der Waals surface area contributed by atoms with Gasteiger partial charge in [-0.15, -0.1) is 0 Å². The molecule has 0 saturated carbocycles. The van der Waals surface area contributed by atoms with Gasteiger partial charge in [0, 0.05) is 5.69 Å². The molecular formula is C9H9N3O3S2. The molecule has 6 nitrogen and oxygen atoms in total. The Morgan fingerprint density at radius 2 is 1.94 bits per heavy atom. The average Bonchev–Trinajstić information content (AvgIpc) is 2.58.